The van der Waals surface area contributed by atoms with E-state index in [1.54, 1.807) is 0 Å². The summed E-state index contributed by atoms with van der Waals surface area (Å²) in [4.78, 5) is 14.8. The van der Waals surface area contributed by atoms with Gasteiger partial charge in [-0.05, 0) is 25.0 Å². The lowest BCUT2D eigenvalue weighted by Gasteiger charge is -2.39. The highest BCUT2D eigenvalue weighted by Gasteiger charge is 2.56. The number of hydrogen-bond acceptors (Lipinski definition) is 4. The Morgan fingerprint density at radius 1 is 1.43 bits per heavy atom. The van der Waals surface area contributed by atoms with Gasteiger partial charge in [-0.15, -0.1) is 0 Å². The number of methoxy groups -OCH3 is 1. The maximum absolute atomic E-state index is 12.7. The van der Waals surface area contributed by atoms with Crippen LogP contribution in [-0.4, -0.2) is 29.4 Å². The number of ketones is 1. The number of Topliss-reactive ketones (excluding diaryl/α,β-unsaturated/α-hetero) is 1. The maximum Gasteiger partial charge on any atom is 0.217 e. The van der Waals surface area contributed by atoms with Gasteiger partial charge in [0, 0.05) is 12.6 Å². The second-order valence-electron chi connectivity index (χ2n) is 5.88. The van der Waals surface area contributed by atoms with Crippen molar-refractivity contribution in [3.05, 3.63) is 47.7 Å². The molecule has 1 aromatic carbocycles. The third kappa shape index (κ3) is 2.05. The number of fused-ring (bicyclic) bond motifs is 2. The Bertz CT molecular complexity index is 632. The highest BCUT2D eigenvalue weighted by atomic mass is 16.5. The zero-order valence-electron chi connectivity index (χ0n) is 12.2. The quantitative estimate of drug-likeness (QED) is 0.853. The van der Waals surface area contributed by atoms with Gasteiger partial charge in [-0.25, -0.2) is 0 Å². The van der Waals surface area contributed by atoms with Gasteiger partial charge < -0.3 is 4.74 Å². The summed E-state index contributed by atoms with van der Waals surface area (Å²) in [5, 5.41) is 9.40. The van der Waals surface area contributed by atoms with Crippen molar-refractivity contribution in [3.63, 3.8) is 0 Å². The number of rotatable bonds is 3. The van der Waals surface area contributed by atoms with Crippen molar-refractivity contribution < 1.29 is 9.53 Å². The van der Waals surface area contributed by atoms with Crippen molar-refractivity contribution >= 4 is 5.78 Å². The fraction of sp³-hybridized carbons (Fsp3) is 0.412. The van der Waals surface area contributed by atoms with E-state index < -0.39 is 5.54 Å². The van der Waals surface area contributed by atoms with Crippen LogP contribution in [0, 0.1) is 17.2 Å². The monoisotopic (exact) mass is 282 g/mol. The largest absolute Gasteiger partial charge is 0.493 e. The first-order valence-electron chi connectivity index (χ1n) is 7.11. The molecule has 0 aliphatic carbocycles. The lowest BCUT2D eigenvalue weighted by atomic mass is 9.89. The summed E-state index contributed by atoms with van der Waals surface area (Å²) in [6.07, 6.45) is 2.37. The van der Waals surface area contributed by atoms with Gasteiger partial charge in [0.05, 0.1) is 24.6 Å². The second kappa shape index (κ2) is 5.01. The smallest absolute Gasteiger partial charge is 0.217 e. The fourth-order valence-electron chi connectivity index (χ4n) is 3.48. The van der Waals surface area contributed by atoms with Crippen molar-refractivity contribution in [2.75, 3.05) is 7.11 Å². The lowest BCUT2D eigenvalue weighted by molar-refractivity contribution is -0.130. The van der Waals surface area contributed by atoms with E-state index >= 15 is 0 Å². The predicted molar refractivity (Wildman–Crippen MR) is 78.0 cm³/mol. The molecule has 0 saturated carbocycles. The second-order valence-corrected chi connectivity index (χ2v) is 5.88. The Hall–Kier alpha value is -2.12. The molecule has 3 atom stereocenters. The fourth-order valence-corrected chi connectivity index (χ4v) is 3.48. The number of hydrogen-bond donors (Lipinski definition) is 0. The molecule has 2 heterocycles. The Morgan fingerprint density at radius 2 is 2.14 bits per heavy atom. The Kier molecular flexibility index (Phi) is 3.30. The van der Waals surface area contributed by atoms with E-state index in [1.807, 2.05) is 43.3 Å². The van der Waals surface area contributed by atoms with Gasteiger partial charge in [0.25, 0.3) is 0 Å². The number of benzene rings is 1. The van der Waals surface area contributed by atoms with Gasteiger partial charge in [0.1, 0.15) is 0 Å². The average molecular weight is 282 g/mol. The number of carbonyl (C=O) groups excluding carboxylic acids is 1. The minimum Gasteiger partial charge on any atom is -0.493 e. The summed E-state index contributed by atoms with van der Waals surface area (Å²) in [7, 11) is 1.51. The minimum atomic E-state index is -0.652. The van der Waals surface area contributed by atoms with E-state index in [9.17, 15) is 10.1 Å². The summed E-state index contributed by atoms with van der Waals surface area (Å²) in [5.74, 6) is 0.204. The van der Waals surface area contributed by atoms with Crippen LogP contribution < -0.4 is 0 Å². The van der Waals surface area contributed by atoms with Gasteiger partial charge in [-0.1, -0.05) is 30.3 Å². The molecular weight excluding hydrogens is 264 g/mol. The van der Waals surface area contributed by atoms with Gasteiger partial charge in [0.15, 0.2) is 5.76 Å². The Labute approximate surface area is 124 Å². The summed E-state index contributed by atoms with van der Waals surface area (Å²) < 4.78 is 5.22. The first-order chi connectivity index (χ1) is 10.1. The van der Waals surface area contributed by atoms with E-state index in [2.05, 4.69) is 11.0 Å². The van der Waals surface area contributed by atoms with Crippen molar-refractivity contribution in [3.8, 4) is 6.07 Å². The molecule has 21 heavy (non-hydrogen) atoms. The highest BCUT2D eigenvalue weighted by molar-refractivity contribution is 6.02. The Morgan fingerprint density at radius 3 is 2.76 bits per heavy atom. The topological polar surface area (TPSA) is 53.3 Å². The average Bonchev–Trinajstić information content (AvgIpc) is 2.71. The number of carbonyl (C=O) groups is 1. The molecule has 1 aromatic rings. The molecular formula is C17H18N2O2. The van der Waals surface area contributed by atoms with Crippen molar-refractivity contribution in [1.82, 2.24) is 4.90 Å². The van der Waals surface area contributed by atoms with Crippen molar-refractivity contribution in [1.29, 1.82) is 5.26 Å². The van der Waals surface area contributed by atoms with Gasteiger partial charge >= 0.3 is 0 Å². The first kappa shape index (κ1) is 13.8. The molecule has 4 nitrogen and oxygen atoms in total. The lowest BCUT2D eigenvalue weighted by Crippen LogP contribution is -2.53. The van der Waals surface area contributed by atoms with Crippen LogP contribution in [0.4, 0.5) is 0 Å². The van der Waals surface area contributed by atoms with Crippen LogP contribution in [-0.2, 0) is 16.1 Å². The van der Waals surface area contributed by atoms with Gasteiger partial charge in [-0.3, -0.25) is 9.69 Å². The van der Waals surface area contributed by atoms with Crippen LogP contribution in [0.1, 0.15) is 18.9 Å². The summed E-state index contributed by atoms with van der Waals surface area (Å²) in [6.45, 7) is 2.59. The predicted octanol–water partition coefficient (Wildman–Crippen LogP) is 2.27. The first-order valence-corrected chi connectivity index (χ1v) is 7.11. The number of ether oxygens (including phenoxy) is 1. The Balaban J connectivity index is 1.99. The van der Waals surface area contributed by atoms with Gasteiger partial charge in [0.2, 0.25) is 5.78 Å². The summed E-state index contributed by atoms with van der Waals surface area (Å²) >= 11 is 0. The van der Waals surface area contributed by atoms with Crippen LogP contribution in [0.25, 0.3) is 0 Å². The molecule has 3 rings (SSSR count). The third-order valence-corrected chi connectivity index (χ3v) is 4.64. The standard InChI is InChI=1S/C17H18N2O2/c1-17-9-13(10-18)14(8-15(21-2)16(17)20)19(17)11-12-6-4-3-5-7-12/h3-8,13-14H,9,11H2,1-2H3/t13-,14+,17+/m1/s1. The molecule has 2 aliphatic rings. The van der Waals surface area contributed by atoms with Crippen LogP contribution in [0.15, 0.2) is 42.2 Å². The highest BCUT2D eigenvalue weighted by Crippen LogP contribution is 2.45. The minimum absolute atomic E-state index is 0.0186. The van der Waals surface area contributed by atoms with Crippen LogP contribution in [0.3, 0.4) is 0 Å². The molecule has 0 N–H and O–H groups in total. The van der Waals surface area contributed by atoms with Crippen molar-refractivity contribution in [2.45, 2.75) is 31.5 Å². The summed E-state index contributed by atoms with van der Waals surface area (Å²) in [6, 6.07) is 12.3. The molecule has 0 amide bonds. The summed E-state index contributed by atoms with van der Waals surface area (Å²) in [5.41, 5.74) is 0.496. The maximum atomic E-state index is 12.7. The SMILES string of the molecule is COC1=C[C@H]2[C@@H](C#N)C[C@@](C)(C1=O)N2Cc1ccccc1. The zero-order chi connectivity index (χ0) is 15.0. The van der Waals surface area contributed by atoms with E-state index in [0.29, 0.717) is 18.7 Å². The molecule has 0 aromatic heterocycles. The molecule has 0 spiro atoms. The van der Waals surface area contributed by atoms with Crippen LogP contribution in [0.5, 0.6) is 0 Å². The van der Waals surface area contributed by atoms with Crippen LogP contribution >= 0.6 is 0 Å². The van der Waals surface area contributed by atoms with E-state index in [4.69, 9.17) is 4.74 Å². The van der Waals surface area contributed by atoms with Crippen molar-refractivity contribution in [2.24, 2.45) is 5.92 Å². The van der Waals surface area contributed by atoms with E-state index in [0.717, 1.165) is 5.56 Å². The molecule has 1 fully saturated rings. The van der Waals surface area contributed by atoms with Gasteiger partial charge in [-0.2, -0.15) is 5.26 Å². The third-order valence-electron chi connectivity index (χ3n) is 4.64. The van der Waals surface area contributed by atoms with E-state index in [-0.39, 0.29) is 17.7 Å². The number of nitrogens with zero attached hydrogens (tertiary/aromatic N) is 2. The van der Waals surface area contributed by atoms with E-state index in [1.165, 1.54) is 7.11 Å². The molecule has 1 saturated heterocycles. The zero-order valence-corrected chi connectivity index (χ0v) is 12.2. The molecule has 2 bridgehead atoms. The molecule has 4 heteroatoms. The normalized spacial score (nSPS) is 31.7. The molecule has 0 unspecified atom stereocenters. The molecule has 2 aliphatic heterocycles. The number of nitriles is 1. The molecule has 108 valence electrons. The van der Waals surface area contributed by atoms with Crippen LogP contribution in [0.2, 0.25) is 0 Å². The molecule has 0 radical (unpaired) electrons.